The molecule has 0 spiro atoms. The van der Waals surface area contributed by atoms with Crippen LogP contribution in [0.25, 0.3) is 0 Å². The van der Waals surface area contributed by atoms with Crippen molar-refractivity contribution in [2.45, 2.75) is 38.7 Å². The predicted molar refractivity (Wildman–Crippen MR) is 64.2 cm³/mol. The lowest BCUT2D eigenvalue weighted by Gasteiger charge is -2.28. The molecule has 5 nitrogen and oxygen atoms in total. The molecule has 0 radical (unpaired) electrons. The average molecular weight is 253 g/mol. The standard InChI is InChI=1S/C13H19NO4/c1-3-18-13(16)9-7-11(15)10(5-4-6-14)12(8-9)17-2/h9,11,15H,3-5,7-8H2,1-2H3. The number of hydrogen-bond donors (Lipinski definition) is 1. The Morgan fingerprint density at radius 2 is 2.33 bits per heavy atom. The minimum absolute atomic E-state index is 0.301. The van der Waals surface area contributed by atoms with Crippen LogP contribution in [-0.2, 0) is 14.3 Å². The molecule has 0 saturated carbocycles. The van der Waals surface area contributed by atoms with E-state index in [1.54, 1.807) is 6.92 Å². The number of aliphatic hydroxyl groups is 1. The van der Waals surface area contributed by atoms with Crippen LogP contribution >= 0.6 is 0 Å². The number of nitriles is 1. The van der Waals surface area contributed by atoms with E-state index in [0.29, 0.717) is 38.0 Å². The van der Waals surface area contributed by atoms with Crippen molar-refractivity contribution in [1.82, 2.24) is 0 Å². The summed E-state index contributed by atoms with van der Waals surface area (Å²) in [5, 5.41) is 18.6. The van der Waals surface area contributed by atoms with Crippen LogP contribution in [0.15, 0.2) is 11.3 Å². The Balaban J connectivity index is 2.79. The van der Waals surface area contributed by atoms with Crippen LogP contribution in [0.3, 0.4) is 0 Å². The first kappa shape index (κ1) is 14.5. The van der Waals surface area contributed by atoms with Crippen LogP contribution in [0.5, 0.6) is 0 Å². The average Bonchev–Trinajstić information content (AvgIpc) is 2.36. The molecule has 0 amide bonds. The molecule has 100 valence electrons. The van der Waals surface area contributed by atoms with Gasteiger partial charge in [0.2, 0.25) is 0 Å². The van der Waals surface area contributed by atoms with Gasteiger partial charge in [-0.2, -0.15) is 5.26 Å². The van der Waals surface area contributed by atoms with Crippen molar-refractivity contribution in [3.8, 4) is 6.07 Å². The first-order valence-corrected chi connectivity index (χ1v) is 6.11. The zero-order valence-corrected chi connectivity index (χ0v) is 10.8. The highest BCUT2D eigenvalue weighted by Gasteiger charge is 2.33. The number of methoxy groups -OCH3 is 1. The number of allylic oxidation sites excluding steroid dienone is 1. The molecule has 0 aliphatic heterocycles. The topological polar surface area (TPSA) is 79.5 Å². The molecular formula is C13H19NO4. The second kappa shape index (κ2) is 7.02. The van der Waals surface area contributed by atoms with E-state index in [-0.39, 0.29) is 11.9 Å². The Morgan fingerprint density at radius 3 is 2.89 bits per heavy atom. The minimum Gasteiger partial charge on any atom is -0.501 e. The normalized spacial score (nSPS) is 23.4. The highest BCUT2D eigenvalue weighted by molar-refractivity contribution is 5.73. The van der Waals surface area contributed by atoms with Gasteiger partial charge in [0.05, 0.1) is 37.6 Å². The van der Waals surface area contributed by atoms with Crippen molar-refractivity contribution in [1.29, 1.82) is 5.26 Å². The number of ether oxygens (including phenoxy) is 2. The number of carbonyl (C=O) groups excluding carboxylic acids is 1. The molecular weight excluding hydrogens is 234 g/mol. The lowest BCUT2D eigenvalue weighted by molar-refractivity contribution is -0.149. The van der Waals surface area contributed by atoms with Crippen LogP contribution in [0.2, 0.25) is 0 Å². The molecule has 0 bridgehead atoms. The first-order chi connectivity index (χ1) is 8.63. The number of rotatable bonds is 5. The summed E-state index contributed by atoms with van der Waals surface area (Å²) in [7, 11) is 1.52. The lowest BCUT2D eigenvalue weighted by Crippen LogP contribution is -2.30. The molecule has 0 heterocycles. The van der Waals surface area contributed by atoms with Crippen molar-refractivity contribution >= 4 is 5.97 Å². The van der Waals surface area contributed by atoms with E-state index in [9.17, 15) is 9.90 Å². The number of aliphatic hydroxyl groups excluding tert-OH is 1. The molecule has 0 aromatic carbocycles. The molecule has 5 heteroatoms. The van der Waals surface area contributed by atoms with Crippen LogP contribution < -0.4 is 0 Å². The molecule has 1 aliphatic rings. The first-order valence-electron chi connectivity index (χ1n) is 6.11. The third-order valence-electron chi connectivity index (χ3n) is 3.07. The van der Waals surface area contributed by atoms with Gasteiger partial charge in [-0.3, -0.25) is 4.79 Å². The summed E-state index contributed by atoms with van der Waals surface area (Å²) < 4.78 is 10.2. The Labute approximate surface area is 107 Å². The summed E-state index contributed by atoms with van der Waals surface area (Å²) in [5.74, 6) is -0.0479. The molecule has 1 aliphatic carbocycles. The van der Waals surface area contributed by atoms with E-state index in [2.05, 4.69) is 0 Å². The highest BCUT2D eigenvalue weighted by atomic mass is 16.5. The van der Waals surface area contributed by atoms with Crippen molar-refractivity contribution < 1.29 is 19.4 Å². The van der Waals surface area contributed by atoms with Crippen molar-refractivity contribution in [3.05, 3.63) is 11.3 Å². The Morgan fingerprint density at radius 1 is 1.61 bits per heavy atom. The van der Waals surface area contributed by atoms with E-state index in [0.717, 1.165) is 5.57 Å². The van der Waals surface area contributed by atoms with Gasteiger partial charge >= 0.3 is 5.97 Å². The molecule has 0 saturated heterocycles. The highest BCUT2D eigenvalue weighted by Crippen LogP contribution is 2.33. The maximum atomic E-state index is 11.7. The van der Waals surface area contributed by atoms with E-state index in [1.165, 1.54) is 7.11 Å². The molecule has 2 unspecified atom stereocenters. The van der Waals surface area contributed by atoms with E-state index in [1.807, 2.05) is 6.07 Å². The largest absolute Gasteiger partial charge is 0.501 e. The number of hydrogen-bond acceptors (Lipinski definition) is 5. The second-order valence-corrected chi connectivity index (χ2v) is 4.22. The molecule has 2 atom stereocenters. The van der Waals surface area contributed by atoms with Crippen molar-refractivity contribution in [3.63, 3.8) is 0 Å². The zero-order chi connectivity index (χ0) is 13.5. The molecule has 0 fully saturated rings. The van der Waals surface area contributed by atoms with Gasteiger partial charge in [0.1, 0.15) is 0 Å². The number of esters is 1. The summed E-state index contributed by atoms with van der Waals surface area (Å²) in [6.07, 6.45) is 0.871. The zero-order valence-electron chi connectivity index (χ0n) is 10.8. The monoisotopic (exact) mass is 253 g/mol. The van der Waals surface area contributed by atoms with Gasteiger partial charge in [0.15, 0.2) is 0 Å². The summed E-state index contributed by atoms with van der Waals surface area (Å²) in [5.41, 5.74) is 0.736. The quantitative estimate of drug-likeness (QED) is 0.751. The van der Waals surface area contributed by atoms with Gasteiger partial charge in [-0.25, -0.2) is 0 Å². The second-order valence-electron chi connectivity index (χ2n) is 4.22. The fourth-order valence-corrected chi connectivity index (χ4v) is 2.19. The summed E-state index contributed by atoms with van der Waals surface area (Å²) in [6, 6.07) is 2.04. The third kappa shape index (κ3) is 3.47. The summed E-state index contributed by atoms with van der Waals surface area (Å²) in [6.45, 7) is 2.08. The van der Waals surface area contributed by atoms with E-state index in [4.69, 9.17) is 14.7 Å². The van der Waals surface area contributed by atoms with E-state index >= 15 is 0 Å². The Kier molecular flexibility index (Phi) is 5.66. The van der Waals surface area contributed by atoms with Gasteiger partial charge in [-0.05, 0) is 25.3 Å². The van der Waals surface area contributed by atoms with Crippen molar-refractivity contribution in [2.75, 3.05) is 13.7 Å². The van der Waals surface area contributed by atoms with Gasteiger partial charge < -0.3 is 14.6 Å². The van der Waals surface area contributed by atoms with Gasteiger partial charge in [0, 0.05) is 12.8 Å². The minimum atomic E-state index is -0.726. The molecule has 1 rings (SSSR count). The van der Waals surface area contributed by atoms with E-state index < -0.39 is 6.10 Å². The number of nitrogens with zero attached hydrogens (tertiary/aromatic N) is 1. The summed E-state index contributed by atoms with van der Waals surface area (Å²) in [4.78, 5) is 11.7. The van der Waals surface area contributed by atoms with Gasteiger partial charge in [0.25, 0.3) is 0 Å². The third-order valence-corrected chi connectivity index (χ3v) is 3.07. The molecule has 1 N–H and O–H groups in total. The van der Waals surface area contributed by atoms with Crippen LogP contribution in [-0.4, -0.2) is 30.9 Å². The fourth-order valence-electron chi connectivity index (χ4n) is 2.19. The van der Waals surface area contributed by atoms with Crippen LogP contribution in [0.1, 0.15) is 32.6 Å². The smallest absolute Gasteiger partial charge is 0.309 e. The maximum absolute atomic E-state index is 11.7. The van der Waals surface area contributed by atoms with Crippen LogP contribution in [0.4, 0.5) is 0 Å². The molecule has 18 heavy (non-hydrogen) atoms. The lowest BCUT2D eigenvalue weighted by atomic mass is 9.84. The van der Waals surface area contributed by atoms with Crippen LogP contribution in [0, 0.1) is 17.2 Å². The van der Waals surface area contributed by atoms with Gasteiger partial charge in [-0.15, -0.1) is 0 Å². The fraction of sp³-hybridized carbons (Fsp3) is 0.692. The van der Waals surface area contributed by atoms with Gasteiger partial charge in [-0.1, -0.05) is 0 Å². The summed E-state index contributed by atoms with van der Waals surface area (Å²) >= 11 is 0. The molecule has 0 aromatic heterocycles. The SMILES string of the molecule is CCOC(=O)C1CC(OC)=C(CCC#N)C(O)C1. The Bertz CT molecular complexity index is 370. The Hall–Kier alpha value is -1.54. The molecule has 0 aromatic rings. The maximum Gasteiger partial charge on any atom is 0.309 e. The van der Waals surface area contributed by atoms with Crippen molar-refractivity contribution in [2.24, 2.45) is 5.92 Å². The predicted octanol–water partition coefficient (Wildman–Crippen LogP) is 1.52. The number of carbonyl (C=O) groups is 1.